The fraction of sp³-hybridized carbons (Fsp3) is 0.556. The Morgan fingerprint density at radius 1 is 1.21 bits per heavy atom. The van der Waals surface area contributed by atoms with Gasteiger partial charge in [0.1, 0.15) is 0 Å². The molecule has 5 amide bonds. The molecule has 104 valence electrons. The van der Waals surface area contributed by atoms with Gasteiger partial charge in [0.05, 0.1) is 0 Å². The Morgan fingerprint density at radius 2 is 1.74 bits per heavy atom. The Bertz CT molecular complexity index is 507. The molecule has 2 rings (SSSR count). The van der Waals surface area contributed by atoms with Gasteiger partial charge in [-0.2, -0.15) is 0 Å². The third-order valence-electron chi connectivity index (χ3n) is 3.07. The molecule has 2 fully saturated rings. The van der Waals surface area contributed by atoms with Crippen LogP contribution in [0.4, 0.5) is 9.59 Å². The summed E-state index contributed by atoms with van der Waals surface area (Å²) in [6.07, 6.45) is 0. The number of urea groups is 2. The number of nitrogens with zero attached hydrogens (tertiary/aromatic N) is 2. The summed E-state index contributed by atoms with van der Waals surface area (Å²) in [5.41, 5.74) is -2.20. The second-order valence-electron chi connectivity index (χ2n) is 4.17. The topological polar surface area (TPSA) is 108 Å². The molecular weight excluding hydrogens is 280 g/mol. The van der Waals surface area contributed by atoms with Crippen LogP contribution < -0.4 is 10.6 Å². The number of ether oxygens (including phenoxy) is 1. The maximum absolute atomic E-state index is 12.0. The van der Waals surface area contributed by atoms with Crippen molar-refractivity contribution in [2.24, 2.45) is 0 Å². The summed E-state index contributed by atoms with van der Waals surface area (Å²) in [4.78, 5) is 48.4. The SMILES string of the molecule is CC(=O)OC12NC(=O)N(C)C1(Cl)N(C)C(=O)NC2=O. The Morgan fingerprint density at radius 3 is 2.26 bits per heavy atom. The zero-order valence-electron chi connectivity index (χ0n) is 10.3. The van der Waals surface area contributed by atoms with Crippen LogP contribution in [-0.2, 0) is 14.3 Å². The molecule has 2 atom stereocenters. The summed E-state index contributed by atoms with van der Waals surface area (Å²) in [6, 6.07) is -1.57. The minimum atomic E-state index is -2.20. The van der Waals surface area contributed by atoms with E-state index < -0.39 is 34.8 Å². The van der Waals surface area contributed by atoms with Crippen molar-refractivity contribution in [1.29, 1.82) is 0 Å². The predicted octanol–water partition coefficient (Wildman–Crippen LogP) is -1.02. The van der Waals surface area contributed by atoms with Gasteiger partial charge in [-0.3, -0.25) is 30.0 Å². The van der Waals surface area contributed by atoms with Crippen molar-refractivity contribution in [3.8, 4) is 0 Å². The van der Waals surface area contributed by atoms with Crippen molar-refractivity contribution < 1.29 is 23.9 Å². The normalized spacial score (nSPS) is 33.8. The summed E-state index contributed by atoms with van der Waals surface area (Å²) in [6.45, 7) is 1.06. The number of carbonyl (C=O) groups is 4. The lowest BCUT2D eigenvalue weighted by molar-refractivity contribution is -0.185. The standard InChI is InChI=1S/C9H11ClN4O5/c1-4(15)19-8-5(16)11-6(17)13(2)9(8,10)14(3)7(18)12-8/h1-3H3,(H,12,18)(H,11,16,17). The largest absolute Gasteiger partial charge is 0.423 e. The monoisotopic (exact) mass is 290 g/mol. The Labute approximate surface area is 112 Å². The quantitative estimate of drug-likeness (QED) is 0.365. The van der Waals surface area contributed by atoms with Crippen molar-refractivity contribution in [3.05, 3.63) is 0 Å². The van der Waals surface area contributed by atoms with Gasteiger partial charge in [-0.1, -0.05) is 11.6 Å². The van der Waals surface area contributed by atoms with E-state index in [2.05, 4.69) is 5.32 Å². The van der Waals surface area contributed by atoms with Gasteiger partial charge in [-0.05, 0) is 0 Å². The molecule has 0 aromatic carbocycles. The van der Waals surface area contributed by atoms with Gasteiger partial charge in [0, 0.05) is 21.0 Å². The van der Waals surface area contributed by atoms with Gasteiger partial charge >= 0.3 is 23.8 Å². The zero-order chi connectivity index (χ0) is 14.6. The summed E-state index contributed by atoms with van der Waals surface area (Å²) < 4.78 is 4.93. The molecular formula is C9H11ClN4O5. The summed E-state index contributed by atoms with van der Waals surface area (Å²) >= 11 is 6.27. The minimum Gasteiger partial charge on any atom is -0.423 e. The van der Waals surface area contributed by atoms with Gasteiger partial charge in [0.25, 0.3) is 11.0 Å². The van der Waals surface area contributed by atoms with Crippen LogP contribution in [0.25, 0.3) is 0 Å². The number of halogens is 1. The fourth-order valence-corrected chi connectivity index (χ4v) is 2.43. The molecule has 0 bridgehead atoms. The molecule has 0 saturated carbocycles. The molecule has 2 heterocycles. The van der Waals surface area contributed by atoms with Crippen LogP contribution in [0, 0.1) is 0 Å². The van der Waals surface area contributed by atoms with E-state index in [0.717, 1.165) is 16.7 Å². The number of hydrogen-bond donors (Lipinski definition) is 2. The van der Waals surface area contributed by atoms with E-state index in [1.54, 1.807) is 0 Å². The summed E-state index contributed by atoms with van der Waals surface area (Å²) in [7, 11) is 2.54. The third-order valence-corrected chi connectivity index (χ3v) is 3.84. The molecule has 9 nitrogen and oxygen atoms in total. The van der Waals surface area contributed by atoms with Gasteiger partial charge in [-0.15, -0.1) is 0 Å². The minimum absolute atomic E-state index is 0.757. The zero-order valence-corrected chi connectivity index (χ0v) is 11.1. The van der Waals surface area contributed by atoms with Crippen LogP contribution in [0.15, 0.2) is 0 Å². The molecule has 0 radical (unpaired) electrons. The first-order valence-electron chi connectivity index (χ1n) is 5.20. The third kappa shape index (κ3) is 1.41. The molecule has 2 aliphatic heterocycles. The average molecular weight is 291 g/mol. The van der Waals surface area contributed by atoms with Crippen LogP contribution in [-0.4, -0.2) is 58.7 Å². The van der Waals surface area contributed by atoms with Gasteiger partial charge in [-0.25, -0.2) is 9.59 Å². The second kappa shape index (κ2) is 3.73. The number of alkyl halides is 1. The molecule has 0 aromatic heterocycles. The highest BCUT2D eigenvalue weighted by Gasteiger charge is 2.74. The van der Waals surface area contributed by atoms with E-state index in [1.165, 1.54) is 14.1 Å². The first-order chi connectivity index (χ1) is 8.66. The molecule has 2 N–H and O–H groups in total. The van der Waals surface area contributed by atoms with Crippen LogP contribution in [0.3, 0.4) is 0 Å². The molecule has 0 aromatic rings. The molecule has 0 spiro atoms. The maximum atomic E-state index is 12.0. The van der Waals surface area contributed by atoms with Gasteiger partial charge < -0.3 is 4.74 Å². The van der Waals surface area contributed by atoms with Gasteiger partial charge in [0.15, 0.2) is 0 Å². The van der Waals surface area contributed by atoms with E-state index >= 15 is 0 Å². The smallest absolute Gasteiger partial charge is 0.326 e. The number of hydrogen-bond acceptors (Lipinski definition) is 5. The first kappa shape index (κ1) is 13.4. The summed E-state index contributed by atoms with van der Waals surface area (Å²) in [5, 5.41) is 2.18. The molecule has 10 heteroatoms. The van der Waals surface area contributed by atoms with E-state index in [0.29, 0.717) is 0 Å². The molecule has 0 aliphatic carbocycles. The Balaban J connectivity index is 2.63. The number of carbonyl (C=O) groups excluding carboxylic acids is 4. The predicted molar refractivity (Wildman–Crippen MR) is 60.7 cm³/mol. The second-order valence-corrected chi connectivity index (χ2v) is 4.70. The summed E-state index contributed by atoms with van der Waals surface area (Å²) in [5.74, 6) is -1.85. The maximum Gasteiger partial charge on any atom is 0.326 e. The number of imide groups is 1. The lowest BCUT2D eigenvalue weighted by atomic mass is 10.1. The number of amides is 5. The number of esters is 1. The number of fused-ring (bicyclic) bond motifs is 1. The molecule has 2 saturated heterocycles. The van der Waals surface area contributed by atoms with Crippen LogP contribution in [0.1, 0.15) is 6.92 Å². The highest BCUT2D eigenvalue weighted by Crippen LogP contribution is 2.43. The molecule has 19 heavy (non-hydrogen) atoms. The van der Waals surface area contributed by atoms with Crippen molar-refractivity contribution in [2.45, 2.75) is 17.8 Å². The fourth-order valence-electron chi connectivity index (χ4n) is 2.10. The van der Waals surface area contributed by atoms with Crippen LogP contribution >= 0.6 is 11.6 Å². The lowest BCUT2D eigenvalue weighted by Gasteiger charge is -2.47. The van der Waals surface area contributed by atoms with E-state index in [9.17, 15) is 19.2 Å². The number of nitrogens with one attached hydrogen (secondary N) is 2. The van der Waals surface area contributed by atoms with Crippen molar-refractivity contribution in [2.75, 3.05) is 14.1 Å². The highest BCUT2D eigenvalue weighted by atomic mass is 35.5. The molecule has 2 aliphatic rings. The Kier molecular flexibility index (Phi) is 2.63. The first-order valence-corrected chi connectivity index (χ1v) is 5.58. The van der Waals surface area contributed by atoms with E-state index in [1.807, 2.05) is 5.32 Å². The average Bonchev–Trinajstić information content (AvgIpc) is 2.50. The lowest BCUT2D eigenvalue weighted by Crippen LogP contribution is -2.79. The van der Waals surface area contributed by atoms with Crippen LogP contribution in [0.5, 0.6) is 0 Å². The molecule has 2 unspecified atom stereocenters. The van der Waals surface area contributed by atoms with Crippen molar-refractivity contribution in [3.63, 3.8) is 0 Å². The number of likely N-dealkylation sites (N-methyl/N-ethyl adjacent to an activating group) is 2. The Hall–Kier alpha value is -2.03. The van der Waals surface area contributed by atoms with Crippen molar-refractivity contribution >= 4 is 35.5 Å². The number of rotatable bonds is 1. The van der Waals surface area contributed by atoms with Crippen LogP contribution in [0.2, 0.25) is 0 Å². The highest BCUT2D eigenvalue weighted by molar-refractivity contribution is 6.31. The van der Waals surface area contributed by atoms with E-state index in [-0.39, 0.29) is 0 Å². The van der Waals surface area contributed by atoms with E-state index in [4.69, 9.17) is 16.3 Å². The van der Waals surface area contributed by atoms with Gasteiger partial charge in [0.2, 0.25) is 0 Å². The van der Waals surface area contributed by atoms with Crippen molar-refractivity contribution in [1.82, 2.24) is 20.4 Å².